The fourth-order valence-corrected chi connectivity index (χ4v) is 4.17. The molecule has 1 spiro atoms. The van der Waals surface area contributed by atoms with Gasteiger partial charge in [0.05, 0.1) is 5.69 Å². The third kappa shape index (κ3) is 2.96. The van der Waals surface area contributed by atoms with E-state index in [1.54, 1.807) is 69.3 Å². The van der Waals surface area contributed by atoms with Crippen LogP contribution in [0.15, 0.2) is 60.7 Å². The van der Waals surface area contributed by atoms with Gasteiger partial charge >= 0.3 is 6.09 Å². The van der Waals surface area contributed by atoms with Gasteiger partial charge in [0.15, 0.2) is 5.54 Å². The molecule has 0 unspecified atom stereocenters. The second kappa shape index (κ2) is 6.91. The third-order valence-corrected chi connectivity index (χ3v) is 5.24. The first-order valence-electron chi connectivity index (χ1n) is 9.88. The van der Waals surface area contributed by atoms with E-state index in [1.165, 1.54) is 13.0 Å². The minimum absolute atomic E-state index is 0.324. The Kier molecular flexibility index (Phi) is 4.57. The maximum atomic E-state index is 13.9. The number of carbonyl (C=O) groups is 4. The summed E-state index contributed by atoms with van der Waals surface area (Å²) < 4.78 is 5.50. The molecule has 2 aromatic rings. The summed E-state index contributed by atoms with van der Waals surface area (Å²) in [5.74, 6) is -1.88. The SMILES string of the molecule is CC(=O)N1C(=O)[C@]2(C(c3ccccc3)=CC(=O)N2C(=O)OC(C)(C)C)c2ccccc21. The Morgan fingerprint density at radius 1 is 0.935 bits per heavy atom. The molecule has 2 heterocycles. The summed E-state index contributed by atoms with van der Waals surface area (Å²) in [7, 11) is 0. The van der Waals surface area contributed by atoms with Crippen molar-refractivity contribution in [2.75, 3.05) is 4.90 Å². The van der Waals surface area contributed by atoms with Crippen LogP contribution in [0.1, 0.15) is 38.8 Å². The number of amides is 4. The molecule has 0 bridgehead atoms. The molecule has 2 aromatic carbocycles. The number of rotatable bonds is 1. The van der Waals surface area contributed by atoms with E-state index in [1.807, 2.05) is 6.07 Å². The number of ether oxygens (including phenoxy) is 1. The average molecular weight is 418 g/mol. The molecule has 158 valence electrons. The third-order valence-electron chi connectivity index (χ3n) is 5.24. The summed E-state index contributed by atoms with van der Waals surface area (Å²) in [6.07, 6.45) is 0.325. The second-order valence-electron chi connectivity index (χ2n) is 8.47. The maximum Gasteiger partial charge on any atom is 0.418 e. The molecule has 0 saturated carbocycles. The average Bonchev–Trinajstić information content (AvgIpc) is 3.14. The van der Waals surface area contributed by atoms with E-state index in [-0.39, 0.29) is 0 Å². The molecule has 1 atom stereocenters. The van der Waals surface area contributed by atoms with Crippen LogP contribution in [-0.2, 0) is 24.7 Å². The lowest BCUT2D eigenvalue weighted by Crippen LogP contribution is -2.56. The van der Waals surface area contributed by atoms with Crippen molar-refractivity contribution >= 4 is 35.1 Å². The molecule has 0 N–H and O–H groups in total. The number of benzene rings is 2. The number of nitrogens with zero attached hydrogens (tertiary/aromatic N) is 2. The lowest BCUT2D eigenvalue weighted by Gasteiger charge is -2.36. The van der Waals surface area contributed by atoms with Crippen molar-refractivity contribution in [3.63, 3.8) is 0 Å². The van der Waals surface area contributed by atoms with Crippen molar-refractivity contribution in [2.24, 2.45) is 0 Å². The molecule has 31 heavy (non-hydrogen) atoms. The molecule has 4 amide bonds. The topological polar surface area (TPSA) is 84.0 Å². The Balaban J connectivity index is 2.02. The van der Waals surface area contributed by atoms with Gasteiger partial charge in [-0.05, 0) is 32.4 Å². The van der Waals surface area contributed by atoms with Crippen LogP contribution in [0, 0.1) is 0 Å². The number of carbonyl (C=O) groups excluding carboxylic acids is 4. The first kappa shape index (κ1) is 20.5. The van der Waals surface area contributed by atoms with Crippen LogP contribution in [0.3, 0.4) is 0 Å². The van der Waals surface area contributed by atoms with E-state index >= 15 is 0 Å². The molecule has 0 aromatic heterocycles. The smallest absolute Gasteiger partial charge is 0.418 e. The first-order chi connectivity index (χ1) is 14.6. The van der Waals surface area contributed by atoms with Gasteiger partial charge in [-0.2, -0.15) is 0 Å². The van der Waals surface area contributed by atoms with Crippen LogP contribution in [0.4, 0.5) is 10.5 Å². The van der Waals surface area contributed by atoms with E-state index in [9.17, 15) is 19.2 Å². The molecule has 2 aliphatic heterocycles. The van der Waals surface area contributed by atoms with E-state index in [0.717, 1.165) is 9.80 Å². The maximum absolute atomic E-state index is 13.9. The van der Waals surface area contributed by atoms with Crippen LogP contribution in [0.5, 0.6) is 0 Å². The Hall–Kier alpha value is -3.74. The number of hydrogen-bond donors (Lipinski definition) is 0. The van der Waals surface area contributed by atoms with Crippen molar-refractivity contribution in [1.82, 2.24) is 4.90 Å². The molecule has 7 heteroatoms. The number of hydrogen-bond acceptors (Lipinski definition) is 5. The number of fused-ring (bicyclic) bond motifs is 2. The summed E-state index contributed by atoms with van der Waals surface area (Å²) in [5, 5.41) is 0. The molecule has 7 nitrogen and oxygen atoms in total. The highest BCUT2D eigenvalue weighted by molar-refractivity contribution is 6.31. The highest BCUT2D eigenvalue weighted by atomic mass is 16.6. The van der Waals surface area contributed by atoms with E-state index in [2.05, 4.69) is 0 Å². The fraction of sp³-hybridized carbons (Fsp3) is 0.250. The summed E-state index contributed by atoms with van der Waals surface area (Å²) >= 11 is 0. The van der Waals surface area contributed by atoms with Gasteiger partial charge in [0.25, 0.3) is 11.8 Å². The Morgan fingerprint density at radius 3 is 2.16 bits per heavy atom. The fourth-order valence-electron chi connectivity index (χ4n) is 4.17. The quantitative estimate of drug-likeness (QED) is 0.706. The summed E-state index contributed by atoms with van der Waals surface area (Å²) in [6.45, 7) is 6.30. The normalized spacial score (nSPS) is 20.2. The second-order valence-corrected chi connectivity index (χ2v) is 8.47. The van der Waals surface area contributed by atoms with Gasteiger partial charge in [-0.15, -0.1) is 0 Å². The number of imide groups is 2. The first-order valence-corrected chi connectivity index (χ1v) is 9.88. The lowest BCUT2D eigenvalue weighted by atomic mass is 9.81. The zero-order valence-electron chi connectivity index (χ0n) is 17.7. The van der Waals surface area contributed by atoms with E-state index in [4.69, 9.17) is 4.74 Å². The Morgan fingerprint density at radius 2 is 1.55 bits per heavy atom. The zero-order valence-corrected chi connectivity index (χ0v) is 17.7. The molecular weight excluding hydrogens is 396 g/mol. The van der Waals surface area contributed by atoms with Gasteiger partial charge in [0.2, 0.25) is 5.91 Å². The molecule has 2 aliphatic rings. The van der Waals surface area contributed by atoms with Crippen LogP contribution < -0.4 is 4.90 Å². The van der Waals surface area contributed by atoms with E-state index in [0.29, 0.717) is 22.4 Å². The Labute approximate surface area is 179 Å². The molecular formula is C24H22N2O5. The summed E-state index contributed by atoms with van der Waals surface area (Å²) in [6, 6.07) is 15.6. The standard InChI is InChI=1S/C24H22N2O5/c1-15(27)25-19-13-9-8-12-17(19)24(21(25)29)18(16-10-6-5-7-11-16)14-20(28)26(24)22(30)31-23(2,3)4/h5-14H,1-4H3/t24-/m1/s1. The minimum atomic E-state index is -1.83. The highest BCUT2D eigenvalue weighted by Crippen LogP contribution is 2.54. The molecule has 0 radical (unpaired) electrons. The van der Waals surface area contributed by atoms with E-state index < -0.39 is 35.0 Å². The van der Waals surface area contributed by atoms with Crippen LogP contribution in [0.25, 0.3) is 5.57 Å². The molecule has 4 rings (SSSR count). The predicted octanol–water partition coefficient (Wildman–Crippen LogP) is 3.64. The van der Waals surface area contributed by atoms with Gasteiger partial charge in [-0.1, -0.05) is 48.5 Å². The van der Waals surface area contributed by atoms with Crippen molar-refractivity contribution in [1.29, 1.82) is 0 Å². The summed E-state index contributed by atoms with van der Waals surface area (Å²) in [4.78, 5) is 54.6. The molecule has 0 aliphatic carbocycles. The monoisotopic (exact) mass is 418 g/mol. The van der Waals surface area contributed by atoms with Crippen LogP contribution in [-0.4, -0.2) is 34.3 Å². The number of anilines is 1. The molecule has 0 fully saturated rings. The minimum Gasteiger partial charge on any atom is -0.443 e. The van der Waals surface area contributed by atoms with Crippen molar-refractivity contribution in [2.45, 2.75) is 38.8 Å². The number of para-hydroxylation sites is 1. The van der Waals surface area contributed by atoms with Gasteiger partial charge in [-0.3, -0.25) is 14.4 Å². The van der Waals surface area contributed by atoms with Crippen molar-refractivity contribution in [3.8, 4) is 0 Å². The van der Waals surface area contributed by atoms with Crippen molar-refractivity contribution < 1.29 is 23.9 Å². The van der Waals surface area contributed by atoms with Gasteiger partial charge in [0, 0.05) is 24.1 Å². The highest BCUT2D eigenvalue weighted by Gasteiger charge is 2.65. The Bertz CT molecular complexity index is 1150. The predicted molar refractivity (Wildman–Crippen MR) is 114 cm³/mol. The largest absolute Gasteiger partial charge is 0.443 e. The van der Waals surface area contributed by atoms with Gasteiger partial charge in [-0.25, -0.2) is 14.6 Å². The van der Waals surface area contributed by atoms with Gasteiger partial charge in [0.1, 0.15) is 5.60 Å². The van der Waals surface area contributed by atoms with Gasteiger partial charge < -0.3 is 4.74 Å². The van der Waals surface area contributed by atoms with Crippen LogP contribution in [0.2, 0.25) is 0 Å². The van der Waals surface area contributed by atoms with Crippen molar-refractivity contribution in [3.05, 3.63) is 71.8 Å². The lowest BCUT2D eigenvalue weighted by molar-refractivity contribution is -0.138. The van der Waals surface area contributed by atoms with Crippen LogP contribution >= 0.6 is 0 Å². The molecule has 0 saturated heterocycles. The summed E-state index contributed by atoms with van der Waals surface area (Å²) in [5.41, 5.74) is -1.09. The zero-order chi connectivity index (χ0) is 22.6.